The number of carbonyl (C=O) groups is 1. The number of amides is 1. The first kappa shape index (κ1) is 12.8. The van der Waals surface area contributed by atoms with Gasteiger partial charge in [0.1, 0.15) is 6.61 Å². The van der Waals surface area contributed by atoms with E-state index in [0.29, 0.717) is 25.7 Å². The zero-order chi connectivity index (χ0) is 12.3. The van der Waals surface area contributed by atoms with Crippen LogP contribution in [-0.2, 0) is 19.0 Å². The van der Waals surface area contributed by atoms with Gasteiger partial charge in [-0.15, -0.1) is 0 Å². The van der Waals surface area contributed by atoms with E-state index in [-0.39, 0.29) is 24.7 Å². The van der Waals surface area contributed by atoms with E-state index >= 15 is 0 Å². The van der Waals surface area contributed by atoms with E-state index in [2.05, 4.69) is 0 Å². The highest BCUT2D eigenvalue weighted by atomic mass is 16.5. The van der Waals surface area contributed by atoms with Gasteiger partial charge in [0.15, 0.2) is 0 Å². The number of nitrogens with zero attached hydrogens (tertiary/aromatic N) is 1. The lowest BCUT2D eigenvalue weighted by molar-refractivity contribution is -0.150. The topological polar surface area (TPSA) is 48.0 Å². The minimum Gasteiger partial charge on any atom is -0.384 e. The van der Waals surface area contributed by atoms with Crippen molar-refractivity contribution in [3.05, 3.63) is 0 Å². The van der Waals surface area contributed by atoms with Crippen molar-refractivity contribution in [3.8, 4) is 0 Å². The van der Waals surface area contributed by atoms with Crippen LogP contribution in [0.25, 0.3) is 0 Å². The first-order chi connectivity index (χ1) is 8.27. The number of ether oxygens (including phenoxy) is 3. The van der Waals surface area contributed by atoms with Crippen LogP contribution in [0.3, 0.4) is 0 Å². The van der Waals surface area contributed by atoms with Crippen LogP contribution in [0.4, 0.5) is 0 Å². The molecule has 17 heavy (non-hydrogen) atoms. The summed E-state index contributed by atoms with van der Waals surface area (Å²) in [6.45, 7) is 2.19. The molecule has 0 spiro atoms. The third kappa shape index (κ3) is 2.61. The fourth-order valence-electron chi connectivity index (χ4n) is 2.97. The van der Waals surface area contributed by atoms with Crippen LogP contribution >= 0.6 is 0 Å². The largest absolute Gasteiger partial charge is 0.384 e. The van der Waals surface area contributed by atoms with Crippen LogP contribution in [0.5, 0.6) is 0 Å². The lowest BCUT2D eigenvalue weighted by Crippen LogP contribution is -2.53. The van der Waals surface area contributed by atoms with Crippen LogP contribution in [0, 0.1) is 5.92 Å². The summed E-state index contributed by atoms with van der Waals surface area (Å²) in [5, 5.41) is 0. The Balaban J connectivity index is 2.00. The number of hydrogen-bond donors (Lipinski definition) is 0. The summed E-state index contributed by atoms with van der Waals surface area (Å²) in [5.41, 5.74) is 0. The van der Waals surface area contributed by atoms with Gasteiger partial charge in [-0.1, -0.05) is 0 Å². The van der Waals surface area contributed by atoms with E-state index in [1.165, 1.54) is 0 Å². The van der Waals surface area contributed by atoms with Gasteiger partial charge in [0.05, 0.1) is 25.4 Å². The third-order valence-electron chi connectivity index (χ3n) is 3.69. The van der Waals surface area contributed by atoms with Crippen molar-refractivity contribution >= 4 is 5.91 Å². The maximum Gasteiger partial charge on any atom is 0.248 e. The summed E-state index contributed by atoms with van der Waals surface area (Å²) in [6.07, 6.45) is 2.22. The lowest BCUT2D eigenvalue weighted by Gasteiger charge is -2.39. The molecule has 3 atom stereocenters. The lowest BCUT2D eigenvalue weighted by atomic mass is 10.0. The van der Waals surface area contributed by atoms with Gasteiger partial charge >= 0.3 is 0 Å². The van der Waals surface area contributed by atoms with Crippen molar-refractivity contribution in [3.63, 3.8) is 0 Å². The van der Waals surface area contributed by atoms with Crippen molar-refractivity contribution < 1.29 is 19.0 Å². The minimum absolute atomic E-state index is 0.0730. The Labute approximate surface area is 102 Å². The molecule has 1 amide bonds. The average molecular weight is 243 g/mol. The number of rotatable bonds is 4. The van der Waals surface area contributed by atoms with Crippen LogP contribution in [0.1, 0.15) is 12.8 Å². The van der Waals surface area contributed by atoms with Crippen molar-refractivity contribution in [2.24, 2.45) is 5.92 Å². The summed E-state index contributed by atoms with van der Waals surface area (Å²) < 4.78 is 15.9. The first-order valence-electron chi connectivity index (χ1n) is 6.17. The molecule has 0 aromatic heterocycles. The molecule has 1 saturated heterocycles. The van der Waals surface area contributed by atoms with Gasteiger partial charge in [-0.25, -0.2) is 0 Å². The Hall–Kier alpha value is -0.650. The van der Waals surface area contributed by atoms with Crippen LogP contribution in [0.2, 0.25) is 0 Å². The van der Waals surface area contributed by atoms with E-state index < -0.39 is 0 Å². The molecular weight excluding hydrogens is 222 g/mol. The van der Waals surface area contributed by atoms with E-state index in [0.717, 1.165) is 12.8 Å². The molecule has 5 nitrogen and oxygen atoms in total. The summed E-state index contributed by atoms with van der Waals surface area (Å²) in [7, 11) is 3.27. The number of methoxy groups -OCH3 is 2. The van der Waals surface area contributed by atoms with Gasteiger partial charge in [0.2, 0.25) is 5.91 Å². The molecule has 0 aromatic rings. The summed E-state index contributed by atoms with van der Waals surface area (Å²) >= 11 is 0. The maximum atomic E-state index is 11.9. The Kier molecular flexibility index (Phi) is 4.36. The highest BCUT2D eigenvalue weighted by Gasteiger charge is 2.43. The Bertz CT molecular complexity index is 271. The van der Waals surface area contributed by atoms with Crippen LogP contribution < -0.4 is 0 Å². The molecule has 0 N–H and O–H groups in total. The van der Waals surface area contributed by atoms with E-state index in [1.54, 1.807) is 14.2 Å². The Morgan fingerprint density at radius 2 is 2.18 bits per heavy atom. The molecule has 0 aromatic carbocycles. The van der Waals surface area contributed by atoms with Gasteiger partial charge in [-0.2, -0.15) is 0 Å². The zero-order valence-electron chi connectivity index (χ0n) is 10.6. The summed E-state index contributed by atoms with van der Waals surface area (Å²) in [6, 6.07) is 0.214. The quantitative estimate of drug-likeness (QED) is 0.712. The van der Waals surface area contributed by atoms with Crippen molar-refractivity contribution in [2.45, 2.75) is 25.0 Å². The second kappa shape index (κ2) is 5.80. The number of fused-ring (bicyclic) bond motifs is 1. The Morgan fingerprint density at radius 3 is 2.88 bits per heavy atom. The molecule has 0 bridgehead atoms. The fraction of sp³-hybridized carbons (Fsp3) is 0.917. The highest BCUT2D eigenvalue weighted by molar-refractivity contribution is 5.78. The third-order valence-corrected chi connectivity index (χ3v) is 3.69. The SMILES string of the molecule is COCC(=O)N1CCOC2C(COC)CCC21. The normalized spacial score (nSPS) is 32.6. The van der Waals surface area contributed by atoms with E-state index in [1.807, 2.05) is 4.90 Å². The molecule has 0 radical (unpaired) electrons. The molecule has 5 heteroatoms. The van der Waals surface area contributed by atoms with E-state index in [4.69, 9.17) is 14.2 Å². The van der Waals surface area contributed by atoms with E-state index in [9.17, 15) is 4.79 Å². The molecule has 1 heterocycles. The van der Waals surface area contributed by atoms with Gasteiger partial charge in [-0.3, -0.25) is 4.79 Å². The van der Waals surface area contributed by atoms with Crippen molar-refractivity contribution in [1.29, 1.82) is 0 Å². The number of carbonyl (C=O) groups excluding carboxylic acids is 1. The molecule has 2 aliphatic rings. The highest BCUT2D eigenvalue weighted by Crippen LogP contribution is 2.34. The summed E-state index contributed by atoms with van der Waals surface area (Å²) in [4.78, 5) is 13.8. The molecule has 3 unspecified atom stereocenters. The molecule has 98 valence electrons. The van der Waals surface area contributed by atoms with Crippen LogP contribution in [0.15, 0.2) is 0 Å². The first-order valence-corrected chi connectivity index (χ1v) is 6.17. The average Bonchev–Trinajstić information content (AvgIpc) is 2.73. The maximum absolute atomic E-state index is 11.9. The molecular formula is C12H21NO4. The van der Waals surface area contributed by atoms with Gasteiger partial charge in [-0.05, 0) is 12.8 Å². The zero-order valence-corrected chi connectivity index (χ0v) is 10.6. The number of hydrogen-bond acceptors (Lipinski definition) is 4. The molecule has 1 saturated carbocycles. The predicted molar refractivity (Wildman–Crippen MR) is 61.7 cm³/mol. The van der Waals surface area contributed by atoms with Gasteiger partial charge < -0.3 is 19.1 Å². The van der Waals surface area contributed by atoms with Crippen molar-refractivity contribution in [1.82, 2.24) is 4.90 Å². The van der Waals surface area contributed by atoms with Gasteiger partial charge in [0.25, 0.3) is 0 Å². The van der Waals surface area contributed by atoms with Crippen molar-refractivity contribution in [2.75, 3.05) is 40.6 Å². The Morgan fingerprint density at radius 1 is 1.35 bits per heavy atom. The fourth-order valence-corrected chi connectivity index (χ4v) is 2.97. The monoisotopic (exact) mass is 243 g/mol. The minimum atomic E-state index is 0.0730. The smallest absolute Gasteiger partial charge is 0.248 e. The second-order valence-corrected chi connectivity index (χ2v) is 4.72. The predicted octanol–water partition coefficient (Wildman–Crippen LogP) is 0.285. The molecule has 1 aliphatic carbocycles. The number of morpholine rings is 1. The molecule has 2 rings (SSSR count). The van der Waals surface area contributed by atoms with Gasteiger partial charge in [0, 0.05) is 26.7 Å². The van der Waals surface area contributed by atoms with Crippen LogP contribution in [-0.4, -0.2) is 63.5 Å². The standard InChI is InChI=1S/C12H21NO4/c1-15-7-9-3-4-10-12(9)17-6-5-13(10)11(14)8-16-2/h9-10,12H,3-8H2,1-2H3. The molecule has 2 fully saturated rings. The second-order valence-electron chi connectivity index (χ2n) is 4.72. The summed E-state index contributed by atoms with van der Waals surface area (Å²) in [5.74, 6) is 0.493. The molecule has 1 aliphatic heterocycles.